The molecule has 0 radical (unpaired) electrons. The minimum absolute atomic E-state index is 0.160. The van der Waals surface area contributed by atoms with Gasteiger partial charge in [-0.25, -0.2) is 0 Å². The second-order valence-electron chi connectivity index (χ2n) is 2.02. The molecule has 0 aliphatic heterocycles. The lowest BCUT2D eigenvalue weighted by Crippen LogP contribution is -2.15. The molecule has 0 aliphatic carbocycles. The summed E-state index contributed by atoms with van der Waals surface area (Å²) in [5.74, 6) is -0.861. The van der Waals surface area contributed by atoms with Crippen LogP contribution in [0.1, 0.15) is 13.8 Å². The van der Waals surface area contributed by atoms with Crippen LogP contribution in [0.5, 0.6) is 0 Å². The summed E-state index contributed by atoms with van der Waals surface area (Å²) >= 11 is 0. The van der Waals surface area contributed by atoms with Gasteiger partial charge in [0.15, 0.2) is 0 Å². The summed E-state index contributed by atoms with van der Waals surface area (Å²) in [6.45, 7) is 2.33. The molecule has 1 amide bonds. The van der Waals surface area contributed by atoms with E-state index in [1.807, 2.05) is 0 Å². The average Bonchev–Trinajstić information content (AvgIpc) is 1.82. The molecule has 0 rings (SSSR count). The number of rotatable bonds is 2. The lowest BCUT2D eigenvalue weighted by Gasteiger charge is -1.98. The maximum Gasteiger partial charge on any atom is 0.290 e. The molecule has 0 bridgehead atoms. The van der Waals surface area contributed by atoms with Crippen LogP contribution in [0.25, 0.3) is 0 Å². The lowest BCUT2D eigenvalue weighted by molar-refractivity contribution is -0.114. The van der Waals surface area contributed by atoms with E-state index in [1.54, 1.807) is 0 Å². The lowest BCUT2D eigenvalue weighted by atomic mass is 10.3. The second kappa shape index (κ2) is 3.02. The zero-order valence-corrected chi connectivity index (χ0v) is 6.97. The van der Waals surface area contributed by atoms with Crippen LogP contribution in [-0.4, -0.2) is 18.9 Å². The highest BCUT2D eigenvalue weighted by molar-refractivity contribution is 7.89. The van der Waals surface area contributed by atoms with Crippen molar-refractivity contribution in [1.82, 2.24) is 0 Å². The molecule has 11 heavy (non-hydrogen) atoms. The molecule has 0 aromatic heterocycles. The number of allylic oxidation sites excluding steroid dienone is 1. The van der Waals surface area contributed by atoms with Gasteiger partial charge >= 0.3 is 0 Å². The number of primary amides is 1. The van der Waals surface area contributed by atoms with Crippen molar-refractivity contribution in [2.45, 2.75) is 13.8 Å². The van der Waals surface area contributed by atoms with Crippen molar-refractivity contribution in [2.75, 3.05) is 0 Å². The van der Waals surface area contributed by atoms with Crippen molar-refractivity contribution in [3.05, 3.63) is 10.5 Å². The fourth-order valence-corrected chi connectivity index (χ4v) is 0.854. The number of hydrogen-bond acceptors (Lipinski definition) is 3. The van der Waals surface area contributed by atoms with E-state index < -0.39 is 20.9 Å². The summed E-state index contributed by atoms with van der Waals surface area (Å²) < 4.78 is 29.1. The molecule has 3 N–H and O–H groups in total. The zero-order valence-electron chi connectivity index (χ0n) is 6.16. The largest absolute Gasteiger partial charge is 0.366 e. The molecule has 5 nitrogen and oxygen atoms in total. The predicted molar refractivity (Wildman–Crippen MR) is 39.1 cm³/mol. The third-order valence-corrected chi connectivity index (χ3v) is 2.36. The van der Waals surface area contributed by atoms with Crippen LogP contribution in [0.3, 0.4) is 0 Å². The van der Waals surface area contributed by atoms with E-state index in [0.717, 1.165) is 6.92 Å². The number of nitrogens with two attached hydrogens (primary N) is 1. The first-order valence-corrected chi connectivity index (χ1v) is 4.15. The first-order chi connectivity index (χ1) is 4.76. The van der Waals surface area contributed by atoms with Crippen molar-refractivity contribution in [3.63, 3.8) is 0 Å². The Morgan fingerprint density at radius 1 is 1.36 bits per heavy atom. The SMILES string of the molecule is C/C(C(N)=O)=C(/C)S(=O)(=O)O. The summed E-state index contributed by atoms with van der Waals surface area (Å²) in [7, 11) is -4.27. The standard InChI is InChI=1S/C5H9NO4S/c1-3(5(6)7)4(2)11(8,9)10/h1-2H3,(H2,6,7)(H,8,9,10)/b4-3+. The predicted octanol–water partition coefficient (Wildman–Crippen LogP) is -0.347. The Morgan fingerprint density at radius 3 is 1.82 bits per heavy atom. The number of carbonyl (C=O) groups is 1. The molecule has 0 saturated heterocycles. The average molecular weight is 179 g/mol. The van der Waals surface area contributed by atoms with E-state index in [0.29, 0.717) is 0 Å². The summed E-state index contributed by atoms with van der Waals surface area (Å²) in [5, 5.41) is 0. The smallest absolute Gasteiger partial charge is 0.290 e. The molecule has 0 heterocycles. The molecule has 0 fully saturated rings. The Morgan fingerprint density at radius 2 is 1.73 bits per heavy atom. The van der Waals surface area contributed by atoms with Crippen LogP contribution in [0.2, 0.25) is 0 Å². The quantitative estimate of drug-likeness (QED) is 0.447. The topological polar surface area (TPSA) is 97.5 Å². The van der Waals surface area contributed by atoms with Crippen molar-refractivity contribution in [1.29, 1.82) is 0 Å². The second-order valence-corrected chi connectivity index (χ2v) is 3.58. The zero-order chi connectivity index (χ0) is 9.23. The van der Waals surface area contributed by atoms with Gasteiger partial charge in [0.05, 0.1) is 4.91 Å². The third-order valence-electron chi connectivity index (χ3n) is 1.28. The van der Waals surface area contributed by atoms with Crippen LogP contribution in [0, 0.1) is 0 Å². The van der Waals surface area contributed by atoms with E-state index >= 15 is 0 Å². The molecule has 0 aromatic rings. The number of hydrogen-bond donors (Lipinski definition) is 2. The third kappa shape index (κ3) is 2.69. The minimum Gasteiger partial charge on any atom is -0.366 e. The maximum absolute atomic E-state index is 10.4. The summed E-state index contributed by atoms with van der Waals surface area (Å²) in [5.41, 5.74) is 4.60. The van der Waals surface area contributed by atoms with Gasteiger partial charge in [-0.2, -0.15) is 8.42 Å². The highest BCUT2D eigenvalue weighted by Gasteiger charge is 2.14. The number of amides is 1. The van der Waals surface area contributed by atoms with Gasteiger partial charge < -0.3 is 5.73 Å². The van der Waals surface area contributed by atoms with Gasteiger partial charge in [-0.3, -0.25) is 9.35 Å². The Kier molecular flexibility index (Phi) is 2.77. The van der Waals surface area contributed by atoms with Gasteiger partial charge in [0.1, 0.15) is 0 Å². The molecule has 0 spiro atoms. The van der Waals surface area contributed by atoms with E-state index in [4.69, 9.17) is 10.3 Å². The number of carbonyl (C=O) groups excluding carboxylic acids is 1. The van der Waals surface area contributed by atoms with Gasteiger partial charge in [0.25, 0.3) is 10.1 Å². The van der Waals surface area contributed by atoms with Gasteiger partial charge in [-0.15, -0.1) is 0 Å². The normalized spacial score (nSPS) is 14.1. The van der Waals surface area contributed by atoms with E-state index in [1.165, 1.54) is 6.92 Å². The molecular weight excluding hydrogens is 170 g/mol. The van der Waals surface area contributed by atoms with Crippen LogP contribution in [0.15, 0.2) is 10.5 Å². The van der Waals surface area contributed by atoms with E-state index in [-0.39, 0.29) is 5.57 Å². The van der Waals surface area contributed by atoms with E-state index in [9.17, 15) is 13.2 Å². The van der Waals surface area contributed by atoms with Crippen LogP contribution < -0.4 is 5.73 Å². The highest BCUT2D eigenvalue weighted by Crippen LogP contribution is 2.08. The fraction of sp³-hybridized carbons (Fsp3) is 0.400. The molecule has 0 atom stereocenters. The minimum atomic E-state index is -4.27. The monoisotopic (exact) mass is 179 g/mol. The van der Waals surface area contributed by atoms with Gasteiger partial charge in [0, 0.05) is 5.57 Å². The van der Waals surface area contributed by atoms with Crippen LogP contribution in [0.4, 0.5) is 0 Å². The molecule has 6 heteroatoms. The van der Waals surface area contributed by atoms with Gasteiger partial charge in [-0.1, -0.05) is 0 Å². The summed E-state index contributed by atoms with van der Waals surface area (Å²) in [6.07, 6.45) is 0. The molecule has 64 valence electrons. The Hall–Kier alpha value is -0.880. The maximum atomic E-state index is 10.4. The van der Waals surface area contributed by atoms with Crippen molar-refractivity contribution >= 4 is 16.0 Å². The van der Waals surface area contributed by atoms with Crippen molar-refractivity contribution < 1.29 is 17.8 Å². The van der Waals surface area contributed by atoms with E-state index in [2.05, 4.69) is 0 Å². The van der Waals surface area contributed by atoms with Crippen molar-refractivity contribution in [2.24, 2.45) is 5.73 Å². The Labute approximate surface area is 64.6 Å². The molecule has 0 aromatic carbocycles. The molecule has 0 unspecified atom stereocenters. The van der Waals surface area contributed by atoms with Crippen LogP contribution in [-0.2, 0) is 14.9 Å². The first-order valence-electron chi connectivity index (χ1n) is 2.71. The Bertz CT molecular complexity index is 300. The summed E-state index contributed by atoms with van der Waals surface area (Å²) in [4.78, 5) is 9.96. The summed E-state index contributed by atoms with van der Waals surface area (Å²) in [6, 6.07) is 0. The Balaban J connectivity index is 5.16. The first kappa shape index (κ1) is 10.1. The van der Waals surface area contributed by atoms with Gasteiger partial charge in [-0.05, 0) is 13.8 Å². The van der Waals surface area contributed by atoms with Crippen molar-refractivity contribution in [3.8, 4) is 0 Å². The molecule has 0 saturated carbocycles. The molecule has 0 aliphatic rings. The van der Waals surface area contributed by atoms with Crippen LogP contribution >= 0.6 is 0 Å². The van der Waals surface area contributed by atoms with Gasteiger partial charge in [0.2, 0.25) is 5.91 Å². The highest BCUT2D eigenvalue weighted by atomic mass is 32.2. The fourth-order valence-electron chi connectivity index (χ4n) is 0.367. The molecular formula is C5H9NO4S.